The third-order valence-electron chi connectivity index (χ3n) is 3.41. The van der Waals surface area contributed by atoms with E-state index < -0.39 is 0 Å². The second-order valence-corrected chi connectivity index (χ2v) is 5.45. The van der Waals surface area contributed by atoms with Crippen LogP contribution >= 0.6 is 11.8 Å². The van der Waals surface area contributed by atoms with E-state index in [1.165, 1.54) is 0 Å². The van der Waals surface area contributed by atoms with Gasteiger partial charge in [0.05, 0.1) is 7.05 Å². The van der Waals surface area contributed by atoms with E-state index in [4.69, 9.17) is 0 Å². The summed E-state index contributed by atoms with van der Waals surface area (Å²) in [6, 6.07) is 14.0. The molecule has 3 nitrogen and oxygen atoms in total. The topological polar surface area (TPSA) is 34.1 Å². The van der Waals surface area contributed by atoms with E-state index in [1.54, 1.807) is 12.5 Å². The van der Waals surface area contributed by atoms with E-state index >= 15 is 0 Å². The van der Waals surface area contributed by atoms with Gasteiger partial charge in [-0.25, -0.2) is 9.59 Å². The lowest BCUT2D eigenvalue weighted by Crippen LogP contribution is -2.40. The molecule has 1 aliphatic heterocycles. The molecule has 4 heteroatoms. The molecule has 0 aromatic heterocycles. The summed E-state index contributed by atoms with van der Waals surface area (Å²) in [6.45, 7) is 0. The Kier molecular flexibility index (Phi) is 2.77. The van der Waals surface area contributed by atoms with E-state index in [2.05, 4.69) is 0 Å². The predicted octanol–water partition coefficient (Wildman–Crippen LogP) is 3.61. The Morgan fingerprint density at radius 1 is 1.11 bits per heavy atom. The van der Waals surface area contributed by atoms with Gasteiger partial charge in [-0.3, -0.25) is 0 Å². The van der Waals surface area contributed by atoms with Gasteiger partial charge < -0.3 is 0 Å². The molecule has 0 saturated carbocycles. The number of rotatable bonds is 2. The molecule has 1 heterocycles. The largest absolute Gasteiger partial charge is 0.391 e. The molecular formula is C15H12NO2S+. The number of carbonyl (C=O) groups excluding carboxylic acids is 2. The van der Waals surface area contributed by atoms with Gasteiger partial charge in [0.25, 0.3) is 0 Å². The summed E-state index contributed by atoms with van der Waals surface area (Å²) in [5, 5.41) is 3.84. The molecule has 0 bridgehead atoms. The summed E-state index contributed by atoms with van der Waals surface area (Å²) in [6.07, 6.45) is 0.684. The molecule has 2 aromatic carbocycles. The molecule has 2 aromatic rings. The lowest BCUT2D eigenvalue weighted by molar-refractivity contribution is -0.652. The maximum atomic E-state index is 11.8. The number of quaternary nitrogens is 1. The third-order valence-corrected chi connectivity index (χ3v) is 4.33. The molecule has 0 spiro atoms. The van der Waals surface area contributed by atoms with E-state index in [0.29, 0.717) is 6.41 Å². The first-order chi connectivity index (χ1) is 9.15. The first kappa shape index (κ1) is 12.1. The zero-order valence-electron chi connectivity index (χ0n) is 10.4. The quantitative estimate of drug-likeness (QED) is 0.617. The zero-order chi connectivity index (χ0) is 13.5. The molecule has 0 fully saturated rings. The zero-order valence-corrected chi connectivity index (χ0v) is 11.2. The van der Waals surface area contributed by atoms with Crippen LogP contribution in [0.15, 0.2) is 47.9 Å². The fraction of sp³-hybridized carbons (Fsp3) is 0.0667. The van der Waals surface area contributed by atoms with Crippen LogP contribution in [-0.4, -0.2) is 23.2 Å². The highest BCUT2D eigenvalue weighted by Crippen LogP contribution is 2.38. The fourth-order valence-corrected chi connectivity index (χ4v) is 3.14. The van der Waals surface area contributed by atoms with Crippen molar-refractivity contribution >= 4 is 39.9 Å². The van der Waals surface area contributed by atoms with Crippen molar-refractivity contribution in [3.8, 4) is 0 Å². The summed E-state index contributed by atoms with van der Waals surface area (Å²) in [5.74, 6) is 0. The van der Waals surface area contributed by atoms with Crippen molar-refractivity contribution in [2.75, 3.05) is 7.05 Å². The fourth-order valence-electron chi connectivity index (χ4n) is 2.21. The minimum atomic E-state index is -0.303. The number of carbonyl (C=O) groups is 2. The third kappa shape index (κ3) is 1.80. The highest BCUT2D eigenvalue weighted by atomic mass is 32.2. The van der Waals surface area contributed by atoms with Gasteiger partial charge in [-0.1, -0.05) is 30.3 Å². The maximum Gasteiger partial charge on any atom is 0.391 e. The molecule has 1 atom stereocenters. The van der Waals surface area contributed by atoms with E-state index in [9.17, 15) is 9.59 Å². The van der Waals surface area contributed by atoms with Crippen LogP contribution in [0.25, 0.3) is 16.5 Å². The number of hydrogen-bond acceptors (Lipinski definition) is 3. The molecule has 0 saturated heterocycles. The molecule has 0 aliphatic carbocycles. The van der Waals surface area contributed by atoms with Gasteiger partial charge in [0.15, 0.2) is 5.70 Å². The van der Waals surface area contributed by atoms with Gasteiger partial charge in [0.1, 0.15) is 0 Å². The first-order valence-electron chi connectivity index (χ1n) is 5.89. The van der Waals surface area contributed by atoms with Gasteiger partial charge in [0.2, 0.25) is 0 Å². The summed E-state index contributed by atoms with van der Waals surface area (Å²) in [5.41, 5.74) is 1.64. The second kappa shape index (κ2) is 4.33. The van der Waals surface area contributed by atoms with Crippen molar-refractivity contribution in [2.45, 2.75) is 0 Å². The Balaban J connectivity index is 2.15. The molecule has 1 unspecified atom stereocenters. The predicted molar refractivity (Wildman–Crippen MR) is 77.2 cm³/mol. The standard InChI is InChI=1S/C15H12NO2S/c1-16(10-17)14(9-19-15(16)18)13-7-6-11-4-2-3-5-12(11)8-13/h2-10H,1H3/q+1. The molecule has 94 valence electrons. The van der Waals surface area contributed by atoms with Crippen molar-refractivity contribution in [2.24, 2.45) is 0 Å². The van der Waals surface area contributed by atoms with Crippen molar-refractivity contribution < 1.29 is 14.1 Å². The molecular weight excluding hydrogens is 258 g/mol. The van der Waals surface area contributed by atoms with Crippen LogP contribution in [-0.2, 0) is 4.79 Å². The number of fused-ring (bicyclic) bond motifs is 1. The van der Waals surface area contributed by atoms with Crippen LogP contribution in [0.5, 0.6) is 0 Å². The van der Waals surface area contributed by atoms with Gasteiger partial charge in [-0.2, -0.15) is 4.48 Å². The van der Waals surface area contributed by atoms with Crippen molar-refractivity contribution in [1.82, 2.24) is 0 Å². The summed E-state index contributed by atoms with van der Waals surface area (Å²) < 4.78 is -0.303. The Morgan fingerprint density at radius 3 is 2.58 bits per heavy atom. The van der Waals surface area contributed by atoms with Gasteiger partial charge in [-0.15, -0.1) is 0 Å². The van der Waals surface area contributed by atoms with E-state index in [-0.39, 0.29) is 9.72 Å². The number of imide groups is 1. The van der Waals surface area contributed by atoms with Crippen molar-refractivity contribution in [1.29, 1.82) is 0 Å². The van der Waals surface area contributed by atoms with Gasteiger partial charge in [-0.05, 0) is 22.9 Å². The van der Waals surface area contributed by atoms with Gasteiger partial charge in [0, 0.05) is 22.7 Å². The number of hydrogen-bond donors (Lipinski definition) is 0. The van der Waals surface area contributed by atoms with Crippen LogP contribution in [0.4, 0.5) is 4.79 Å². The van der Waals surface area contributed by atoms with Crippen LogP contribution in [0, 0.1) is 0 Å². The lowest BCUT2D eigenvalue weighted by atomic mass is 10.0. The molecule has 0 N–H and O–H groups in total. The Morgan fingerprint density at radius 2 is 1.84 bits per heavy atom. The molecule has 19 heavy (non-hydrogen) atoms. The monoisotopic (exact) mass is 270 g/mol. The Bertz CT molecular complexity index is 723. The number of nitrogens with zero attached hydrogens (tertiary/aromatic N) is 1. The average molecular weight is 270 g/mol. The van der Waals surface area contributed by atoms with Gasteiger partial charge >= 0.3 is 11.6 Å². The molecule has 1 aliphatic rings. The van der Waals surface area contributed by atoms with E-state index in [0.717, 1.165) is 33.8 Å². The second-order valence-electron chi connectivity index (χ2n) is 4.63. The minimum Gasteiger partial charge on any atom is -0.233 e. The highest BCUT2D eigenvalue weighted by molar-refractivity contribution is 8.16. The number of amides is 2. The number of benzene rings is 2. The summed E-state index contributed by atoms with van der Waals surface area (Å²) in [7, 11) is 1.62. The lowest BCUT2D eigenvalue weighted by Gasteiger charge is -2.20. The van der Waals surface area contributed by atoms with Crippen LogP contribution in [0.3, 0.4) is 0 Å². The van der Waals surface area contributed by atoms with Crippen LogP contribution in [0.2, 0.25) is 0 Å². The first-order valence-corrected chi connectivity index (χ1v) is 6.77. The summed E-state index contributed by atoms with van der Waals surface area (Å²) in [4.78, 5) is 23.1. The average Bonchev–Trinajstić information content (AvgIpc) is 2.75. The minimum absolute atomic E-state index is 0.168. The number of thioether (sulfide) groups is 1. The highest BCUT2D eigenvalue weighted by Gasteiger charge is 2.43. The SMILES string of the molecule is C[N+]1(C=O)C(=O)SC=C1c1ccc2ccccc2c1. The smallest absolute Gasteiger partial charge is 0.233 e. The normalized spacial score (nSPS) is 22.6. The Hall–Kier alpha value is -1.91. The molecule has 3 rings (SSSR count). The van der Waals surface area contributed by atoms with Crippen molar-refractivity contribution in [3.05, 3.63) is 53.4 Å². The van der Waals surface area contributed by atoms with Crippen molar-refractivity contribution in [3.63, 3.8) is 0 Å². The molecule has 2 amide bonds. The summed E-state index contributed by atoms with van der Waals surface area (Å²) >= 11 is 1.08. The molecule has 0 radical (unpaired) electrons. The Labute approximate surface area is 115 Å². The maximum absolute atomic E-state index is 11.8. The van der Waals surface area contributed by atoms with E-state index in [1.807, 2.05) is 42.5 Å². The van der Waals surface area contributed by atoms with Crippen LogP contribution < -0.4 is 0 Å². The van der Waals surface area contributed by atoms with Crippen LogP contribution in [0.1, 0.15) is 5.56 Å².